The highest BCUT2D eigenvalue weighted by Gasteiger charge is 2.19. The van der Waals surface area contributed by atoms with E-state index in [1.54, 1.807) is 36.4 Å². The fourth-order valence-corrected chi connectivity index (χ4v) is 3.51. The van der Waals surface area contributed by atoms with Crippen LogP contribution in [0.5, 0.6) is 23.0 Å². The molecule has 170 valence electrons. The number of para-hydroxylation sites is 1. The molecule has 3 aromatic carbocycles. The topological polar surface area (TPSA) is 118 Å². The molecule has 10 heteroatoms. The SMILES string of the molecule is COc1ccc(-c2cccc3nc(Nc4cc(OC)c(OC)c(OC)c4)oc23)cc1[N+](=O)[O-]. The Morgan fingerprint density at radius 3 is 2.21 bits per heavy atom. The molecule has 1 N–H and O–H groups in total. The Balaban J connectivity index is 1.75. The van der Waals surface area contributed by atoms with Crippen molar-refractivity contribution in [3.63, 3.8) is 0 Å². The first-order valence-electron chi connectivity index (χ1n) is 9.78. The van der Waals surface area contributed by atoms with E-state index >= 15 is 0 Å². The molecule has 0 amide bonds. The number of rotatable bonds is 8. The highest BCUT2D eigenvalue weighted by Crippen LogP contribution is 2.41. The number of nitrogens with one attached hydrogen (secondary N) is 1. The second-order valence-corrected chi connectivity index (χ2v) is 6.86. The zero-order valence-electron chi connectivity index (χ0n) is 18.4. The maximum atomic E-state index is 11.4. The van der Waals surface area contributed by atoms with Crippen LogP contribution in [0.15, 0.2) is 52.9 Å². The van der Waals surface area contributed by atoms with Gasteiger partial charge in [0.15, 0.2) is 22.8 Å². The van der Waals surface area contributed by atoms with Crippen LogP contribution in [0.2, 0.25) is 0 Å². The molecule has 0 bridgehead atoms. The largest absolute Gasteiger partial charge is 0.493 e. The van der Waals surface area contributed by atoms with Crippen molar-refractivity contribution in [3.05, 3.63) is 58.6 Å². The first kappa shape index (κ1) is 21.8. The summed E-state index contributed by atoms with van der Waals surface area (Å²) in [5.74, 6) is 1.59. The molecule has 0 aliphatic carbocycles. The maximum Gasteiger partial charge on any atom is 0.311 e. The summed E-state index contributed by atoms with van der Waals surface area (Å²) in [5, 5.41) is 14.5. The van der Waals surface area contributed by atoms with Crippen molar-refractivity contribution < 1.29 is 28.3 Å². The van der Waals surface area contributed by atoms with Crippen LogP contribution in [-0.4, -0.2) is 38.3 Å². The van der Waals surface area contributed by atoms with Crippen LogP contribution in [0, 0.1) is 10.1 Å². The van der Waals surface area contributed by atoms with Gasteiger partial charge in [-0.15, -0.1) is 0 Å². The van der Waals surface area contributed by atoms with Gasteiger partial charge in [0.2, 0.25) is 5.75 Å². The molecule has 0 atom stereocenters. The highest BCUT2D eigenvalue weighted by atomic mass is 16.6. The Morgan fingerprint density at radius 2 is 1.61 bits per heavy atom. The van der Waals surface area contributed by atoms with Crippen LogP contribution in [0.25, 0.3) is 22.2 Å². The summed E-state index contributed by atoms with van der Waals surface area (Å²) < 4.78 is 27.2. The molecule has 33 heavy (non-hydrogen) atoms. The normalized spacial score (nSPS) is 10.7. The van der Waals surface area contributed by atoms with Gasteiger partial charge in [-0.3, -0.25) is 10.1 Å². The van der Waals surface area contributed by atoms with E-state index in [2.05, 4.69) is 10.3 Å². The number of oxazole rings is 1. The van der Waals surface area contributed by atoms with E-state index in [1.165, 1.54) is 34.5 Å². The van der Waals surface area contributed by atoms with Crippen molar-refractivity contribution in [2.24, 2.45) is 0 Å². The Morgan fingerprint density at radius 1 is 0.909 bits per heavy atom. The Hall–Kier alpha value is -4.47. The molecule has 0 fully saturated rings. The minimum Gasteiger partial charge on any atom is -0.493 e. The van der Waals surface area contributed by atoms with E-state index < -0.39 is 4.92 Å². The van der Waals surface area contributed by atoms with E-state index in [4.69, 9.17) is 23.4 Å². The summed E-state index contributed by atoms with van der Waals surface area (Å²) >= 11 is 0. The molecule has 0 aliphatic rings. The molecule has 0 radical (unpaired) electrons. The Bertz CT molecular complexity index is 1310. The standard InChI is InChI=1S/C23H21N3O7/c1-29-18-9-8-13(10-17(18)26(27)28)15-6-5-7-16-21(15)33-23(25-16)24-14-11-19(30-2)22(32-4)20(12-14)31-3/h5-12H,1-4H3,(H,24,25). The third kappa shape index (κ3) is 4.05. The molecule has 0 saturated carbocycles. The molecule has 4 aromatic rings. The molecule has 0 aliphatic heterocycles. The third-order valence-corrected chi connectivity index (χ3v) is 5.02. The van der Waals surface area contributed by atoms with E-state index in [-0.39, 0.29) is 17.5 Å². The molecule has 10 nitrogen and oxygen atoms in total. The molecule has 1 heterocycles. The lowest BCUT2D eigenvalue weighted by Crippen LogP contribution is -1.97. The number of hydrogen-bond donors (Lipinski definition) is 1. The summed E-state index contributed by atoms with van der Waals surface area (Å²) in [7, 11) is 5.97. The molecule has 0 saturated heterocycles. The quantitative estimate of drug-likeness (QED) is 0.285. The predicted octanol–water partition coefficient (Wildman–Crippen LogP) is 5.18. The van der Waals surface area contributed by atoms with Crippen LogP contribution < -0.4 is 24.3 Å². The second kappa shape index (κ2) is 8.95. The number of anilines is 2. The molecular weight excluding hydrogens is 430 g/mol. The summed E-state index contributed by atoms with van der Waals surface area (Å²) in [6.45, 7) is 0. The zero-order chi connectivity index (χ0) is 23.5. The van der Waals surface area contributed by atoms with Crippen LogP contribution in [0.1, 0.15) is 0 Å². The van der Waals surface area contributed by atoms with Gasteiger partial charge in [-0.05, 0) is 17.7 Å². The van der Waals surface area contributed by atoms with Crippen molar-refractivity contribution in [1.82, 2.24) is 4.98 Å². The van der Waals surface area contributed by atoms with E-state index in [9.17, 15) is 10.1 Å². The van der Waals surface area contributed by atoms with Gasteiger partial charge in [-0.1, -0.05) is 18.2 Å². The van der Waals surface area contributed by atoms with Crippen molar-refractivity contribution >= 4 is 28.5 Å². The number of hydrogen-bond acceptors (Lipinski definition) is 9. The van der Waals surface area contributed by atoms with Gasteiger partial charge in [-0.2, -0.15) is 4.98 Å². The van der Waals surface area contributed by atoms with Crippen molar-refractivity contribution in [2.75, 3.05) is 33.8 Å². The Labute approximate surface area is 188 Å². The highest BCUT2D eigenvalue weighted by molar-refractivity contribution is 5.92. The third-order valence-electron chi connectivity index (χ3n) is 5.02. The van der Waals surface area contributed by atoms with Gasteiger partial charge >= 0.3 is 5.69 Å². The number of fused-ring (bicyclic) bond motifs is 1. The lowest BCUT2D eigenvalue weighted by Gasteiger charge is -2.14. The lowest BCUT2D eigenvalue weighted by molar-refractivity contribution is -0.385. The van der Waals surface area contributed by atoms with E-state index in [0.717, 1.165) is 0 Å². The van der Waals surface area contributed by atoms with Gasteiger partial charge in [-0.25, -0.2) is 0 Å². The fourth-order valence-electron chi connectivity index (χ4n) is 3.51. The number of aromatic nitrogens is 1. The predicted molar refractivity (Wildman–Crippen MR) is 122 cm³/mol. The van der Waals surface area contributed by atoms with Crippen LogP contribution in [0.3, 0.4) is 0 Å². The fraction of sp³-hybridized carbons (Fsp3) is 0.174. The van der Waals surface area contributed by atoms with Gasteiger partial charge in [0.1, 0.15) is 5.52 Å². The summed E-state index contributed by atoms with van der Waals surface area (Å²) in [6, 6.07) is 13.8. The average molecular weight is 451 g/mol. The number of nitro benzene ring substituents is 1. The monoisotopic (exact) mass is 451 g/mol. The lowest BCUT2D eigenvalue weighted by atomic mass is 10.0. The zero-order valence-corrected chi connectivity index (χ0v) is 18.4. The van der Waals surface area contributed by atoms with Crippen LogP contribution in [0.4, 0.5) is 17.4 Å². The summed E-state index contributed by atoms with van der Waals surface area (Å²) in [4.78, 5) is 15.4. The minimum absolute atomic E-state index is 0.137. The molecule has 4 rings (SSSR count). The van der Waals surface area contributed by atoms with Crippen molar-refractivity contribution in [1.29, 1.82) is 0 Å². The minimum atomic E-state index is -0.486. The number of nitrogens with zero attached hydrogens (tertiary/aromatic N) is 2. The first-order chi connectivity index (χ1) is 16.0. The van der Waals surface area contributed by atoms with Crippen molar-refractivity contribution in [2.45, 2.75) is 0 Å². The number of ether oxygens (including phenoxy) is 4. The second-order valence-electron chi connectivity index (χ2n) is 6.86. The summed E-state index contributed by atoms with van der Waals surface area (Å²) in [5.41, 5.74) is 2.79. The number of benzene rings is 3. The van der Waals surface area contributed by atoms with E-state index in [1.807, 2.05) is 6.07 Å². The van der Waals surface area contributed by atoms with Crippen LogP contribution >= 0.6 is 0 Å². The smallest absolute Gasteiger partial charge is 0.311 e. The average Bonchev–Trinajstić information content (AvgIpc) is 3.25. The summed E-state index contributed by atoms with van der Waals surface area (Å²) in [6.07, 6.45) is 0. The van der Waals surface area contributed by atoms with Gasteiger partial charge in [0.05, 0.1) is 33.4 Å². The van der Waals surface area contributed by atoms with Crippen molar-refractivity contribution in [3.8, 4) is 34.1 Å². The van der Waals surface area contributed by atoms with E-state index in [0.29, 0.717) is 45.2 Å². The molecular formula is C23H21N3O7. The van der Waals surface area contributed by atoms with Gasteiger partial charge in [0, 0.05) is 29.4 Å². The van der Waals surface area contributed by atoms with Gasteiger partial charge < -0.3 is 28.7 Å². The first-order valence-corrected chi connectivity index (χ1v) is 9.78. The van der Waals surface area contributed by atoms with Crippen LogP contribution in [-0.2, 0) is 0 Å². The molecule has 1 aromatic heterocycles. The molecule has 0 unspecified atom stereocenters. The van der Waals surface area contributed by atoms with Gasteiger partial charge in [0.25, 0.3) is 6.01 Å². The molecule has 0 spiro atoms. The Kier molecular flexibility index (Phi) is 5.90. The maximum absolute atomic E-state index is 11.4. The number of methoxy groups -OCH3 is 4. The number of nitro groups is 1.